The summed E-state index contributed by atoms with van der Waals surface area (Å²) in [6.07, 6.45) is 1.61. The van der Waals surface area contributed by atoms with Crippen LogP contribution in [0.3, 0.4) is 0 Å². The molecule has 0 fully saturated rings. The fourth-order valence-corrected chi connectivity index (χ4v) is 1.09. The number of aliphatic imine (C=N–C) groups is 1. The monoisotopic (exact) mass is 191 g/mol. The maximum Gasteiger partial charge on any atom is 0.119 e. The Morgan fingerprint density at radius 3 is 2.86 bits per heavy atom. The van der Waals surface area contributed by atoms with E-state index in [0.29, 0.717) is 5.71 Å². The Labute approximate surface area is 83.1 Å². The lowest BCUT2D eigenvalue weighted by molar-refractivity contribution is 0.414. The molecule has 0 radical (unpaired) electrons. The van der Waals surface area contributed by atoms with Crippen LogP contribution in [0, 0.1) is 0 Å². The number of hydrogen-bond acceptors (Lipinski definition) is 4. The smallest absolute Gasteiger partial charge is 0.119 e. The number of nitrogens with two attached hydrogens (primary N) is 1. The van der Waals surface area contributed by atoms with Crippen molar-refractivity contribution in [3.8, 4) is 5.75 Å². The van der Waals surface area contributed by atoms with Crippen LogP contribution in [0.2, 0.25) is 0 Å². The Bertz CT molecular complexity index is 358. The standard InChI is InChI=1S/C10H13N3O/c1-12-7-10(13-11)8-4-3-5-9(6-8)14-2/h3-7H,11H2,1-2H3. The van der Waals surface area contributed by atoms with Gasteiger partial charge >= 0.3 is 0 Å². The number of rotatable bonds is 3. The molecule has 14 heavy (non-hydrogen) atoms. The van der Waals surface area contributed by atoms with Crippen LogP contribution in [0.4, 0.5) is 0 Å². The average molecular weight is 191 g/mol. The van der Waals surface area contributed by atoms with Gasteiger partial charge in [-0.2, -0.15) is 5.10 Å². The lowest BCUT2D eigenvalue weighted by Crippen LogP contribution is -2.05. The van der Waals surface area contributed by atoms with Crippen LogP contribution in [-0.4, -0.2) is 26.1 Å². The second kappa shape index (κ2) is 5.01. The van der Waals surface area contributed by atoms with Crippen molar-refractivity contribution in [3.63, 3.8) is 0 Å². The summed E-state index contributed by atoms with van der Waals surface area (Å²) in [4.78, 5) is 3.86. The van der Waals surface area contributed by atoms with Crippen molar-refractivity contribution in [2.45, 2.75) is 0 Å². The van der Waals surface area contributed by atoms with Gasteiger partial charge in [-0.05, 0) is 12.1 Å². The summed E-state index contributed by atoms with van der Waals surface area (Å²) in [5, 5.41) is 3.64. The summed E-state index contributed by atoms with van der Waals surface area (Å²) in [6.45, 7) is 0. The average Bonchev–Trinajstić information content (AvgIpc) is 2.26. The second-order valence-electron chi connectivity index (χ2n) is 2.63. The molecule has 0 aliphatic heterocycles. The molecule has 0 aromatic heterocycles. The zero-order chi connectivity index (χ0) is 10.4. The van der Waals surface area contributed by atoms with Crippen molar-refractivity contribution < 1.29 is 4.74 Å². The van der Waals surface area contributed by atoms with Crippen LogP contribution in [0.25, 0.3) is 0 Å². The van der Waals surface area contributed by atoms with Gasteiger partial charge in [0.05, 0.1) is 7.11 Å². The summed E-state index contributed by atoms with van der Waals surface area (Å²) < 4.78 is 5.09. The van der Waals surface area contributed by atoms with Crippen molar-refractivity contribution in [1.82, 2.24) is 0 Å². The third-order valence-corrected chi connectivity index (χ3v) is 1.76. The molecular formula is C10H13N3O. The molecule has 0 aliphatic rings. The van der Waals surface area contributed by atoms with E-state index in [9.17, 15) is 0 Å². The molecule has 0 spiro atoms. The van der Waals surface area contributed by atoms with E-state index in [2.05, 4.69) is 10.1 Å². The zero-order valence-corrected chi connectivity index (χ0v) is 8.27. The first-order chi connectivity index (χ1) is 6.81. The molecule has 0 bridgehead atoms. The van der Waals surface area contributed by atoms with Gasteiger partial charge in [-0.15, -0.1) is 0 Å². The molecule has 4 nitrogen and oxygen atoms in total. The summed E-state index contributed by atoms with van der Waals surface area (Å²) in [5.41, 5.74) is 1.52. The van der Waals surface area contributed by atoms with Gasteiger partial charge < -0.3 is 10.6 Å². The summed E-state index contributed by atoms with van der Waals surface area (Å²) in [7, 11) is 3.29. The fraction of sp³-hybridized carbons (Fsp3) is 0.200. The van der Waals surface area contributed by atoms with Gasteiger partial charge in [-0.3, -0.25) is 4.99 Å². The van der Waals surface area contributed by atoms with E-state index >= 15 is 0 Å². The quantitative estimate of drug-likeness (QED) is 0.441. The highest BCUT2D eigenvalue weighted by Gasteiger charge is 2.01. The highest BCUT2D eigenvalue weighted by molar-refractivity contribution is 6.38. The third kappa shape index (κ3) is 2.32. The molecule has 0 atom stereocenters. The summed E-state index contributed by atoms with van der Waals surface area (Å²) in [5.74, 6) is 6.01. The van der Waals surface area contributed by atoms with Crippen LogP contribution in [0.5, 0.6) is 5.75 Å². The molecule has 0 aliphatic carbocycles. The van der Waals surface area contributed by atoms with Gasteiger partial charge in [0.1, 0.15) is 11.5 Å². The lowest BCUT2D eigenvalue weighted by Gasteiger charge is -2.02. The molecule has 0 heterocycles. The van der Waals surface area contributed by atoms with Gasteiger partial charge in [0, 0.05) is 18.8 Å². The first-order valence-corrected chi connectivity index (χ1v) is 4.16. The minimum absolute atomic E-state index is 0.631. The number of nitrogens with zero attached hydrogens (tertiary/aromatic N) is 2. The van der Waals surface area contributed by atoms with Gasteiger partial charge in [0.2, 0.25) is 0 Å². The Morgan fingerprint density at radius 2 is 2.29 bits per heavy atom. The molecule has 0 saturated heterocycles. The van der Waals surface area contributed by atoms with Crippen LogP contribution in [0.15, 0.2) is 34.4 Å². The molecule has 1 rings (SSSR count). The predicted octanol–water partition coefficient (Wildman–Crippen LogP) is 1.06. The topological polar surface area (TPSA) is 60.0 Å². The van der Waals surface area contributed by atoms with Gasteiger partial charge in [-0.25, -0.2) is 0 Å². The Hall–Kier alpha value is -1.84. The summed E-state index contributed by atoms with van der Waals surface area (Å²) >= 11 is 0. The van der Waals surface area contributed by atoms with Crippen LogP contribution in [-0.2, 0) is 0 Å². The minimum Gasteiger partial charge on any atom is -0.497 e. The van der Waals surface area contributed by atoms with Crippen molar-refractivity contribution in [2.24, 2.45) is 15.9 Å². The molecular weight excluding hydrogens is 178 g/mol. The molecule has 0 unspecified atom stereocenters. The largest absolute Gasteiger partial charge is 0.497 e. The lowest BCUT2D eigenvalue weighted by atomic mass is 10.1. The number of benzene rings is 1. The Balaban J connectivity index is 3.05. The number of methoxy groups -OCH3 is 1. The van der Waals surface area contributed by atoms with Crippen molar-refractivity contribution in [2.75, 3.05) is 14.2 Å². The van der Waals surface area contributed by atoms with Crippen LogP contribution < -0.4 is 10.6 Å². The first kappa shape index (κ1) is 10.2. The number of ether oxygens (including phenoxy) is 1. The SMILES string of the molecule is CN=CC(=NN)c1cccc(OC)c1. The summed E-state index contributed by atoms with van der Waals surface area (Å²) in [6, 6.07) is 7.49. The highest BCUT2D eigenvalue weighted by Crippen LogP contribution is 2.12. The van der Waals surface area contributed by atoms with Crippen molar-refractivity contribution >= 4 is 11.9 Å². The van der Waals surface area contributed by atoms with E-state index in [-0.39, 0.29) is 0 Å². The molecule has 4 heteroatoms. The molecule has 0 amide bonds. The van der Waals surface area contributed by atoms with Crippen molar-refractivity contribution in [1.29, 1.82) is 0 Å². The zero-order valence-electron chi connectivity index (χ0n) is 8.27. The molecule has 0 saturated carbocycles. The van der Waals surface area contributed by atoms with Crippen LogP contribution in [0.1, 0.15) is 5.56 Å². The third-order valence-electron chi connectivity index (χ3n) is 1.76. The minimum atomic E-state index is 0.631. The van der Waals surface area contributed by atoms with E-state index in [0.717, 1.165) is 11.3 Å². The van der Waals surface area contributed by atoms with E-state index in [1.807, 2.05) is 24.3 Å². The predicted molar refractivity (Wildman–Crippen MR) is 58.1 cm³/mol. The number of hydrogen-bond donors (Lipinski definition) is 1. The maximum atomic E-state index is 5.24. The maximum absolute atomic E-state index is 5.24. The second-order valence-corrected chi connectivity index (χ2v) is 2.63. The van der Waals surface area contributed by atoms with Gasteiger partial charge in [-0.1, -0.05) is 12.1 Å². The Morgan fingerprint density at radius 1 is 1.50 bits per heavy atom. The van der Waals surface area contributed by atoms with Crippen LogP contribution >= 0.6 is 0 Å². The van der Waals surface area contributed by atoms with Gasteiger partial charge in [0.25, 0.3) is 0 Å². The normalized spacial score (nSPS) is 12.0. The molecule has 1 aromatic carbocycles. The van der Waals surface area contributed by atoms with E-state index < -0.39 is 0 Å². The molecule has 74 valence electrons. The van der Waals surface area contributed by atoms with E-state index in [4.69, 9.17) is 10.6 Å². The van der Waals surface area contributed by atoms with E-state index in [1.54, 1.807) is 20.4 Å². The number of hydrazone groups is 1. The Kier molecular flexibility index (Phi) is 3.67. The van der Waals surface area contributed by atoms with E-state index in [1.165, 1.54) is 0 Å². The highest BCUT2D eigenvalue weighted by atomic mass is 16.5. The molecule has 1 aromatic rings. The van der Waals surface area contributed by atoms with Gasteiger partial charge in [0.15, 0.2) is 0 Å². The first-order valence-electron chi connectivity index (χ1n) is 4.16. The molecule has 2 N–H and O–H groups in total. The van der Waals surface area contributed by atoms with Crippen molar-refractivity contribution in [3.05, 3.63) is 29.8 Å². The fourth-order valence-electron chi connectivity index (χ4n) is 1.09.